The number of rotatable bonds is 7. The summed E-state index contributed by atoms with van der Waals surface area (Å²) in [5, 5.41) is 3.10. The molecule has 5 nitrogen and oxygen atoms in total. The summed E-state index contributed by atoms with van der Waals surface area (Å²) in [7, 11) is 1.67. The number of nitrogens with one attached hydrogen (secondary N) is 1. The van der Waals surface area contributed by atoms with Crippen LogP contribution < -0.4 is 10.1 Å². The molecular formula is C27H34N2O3. The summed E-state index contributed by atoms with van der Waals surface area (Å²) in [5.74, 6) is 1.10. The Balaban J connectivity index is 1.40. The van der Waals surface area contributed by atoms with Crippen LogP contribution in [0.1, 0.15) is 55.7 Å². The molecule has 2 unspecified atom stereocenters. The second kappa shape index (κ2) is 10.7. The Kier molecular flexibility index (Phi) is 7.46. The minimum Gasteiger partial charge on any atom is -0.496 e. The second-order valence-corrected chi connectivity index (χ2v) is 9.03. The SMILES string of the molecule is COc1ccccc1CCNC(=O)C1CCC(c2ccccc2)N(C(=O)C2CCCC2)C1. The van der Waals surface area contributed by atoms with Gasteiger partial charge in [-0.15, -0.1) is 0 Å². The standard InChI is InChI=1S/C27H34N2O3/c1-32-25-14-8-7-11-21(25)17-18-28-26(30)23-15-16-24(20-9-3-2-4-10-20)29(19-23)27(31)22-12-5-6-13-22/h2-4,7-11,14,22-24H,5-6,12-13,15-19H2,1H3,(H,28,30). The first-order chi connectivity index (χ1) is 15.7. The summed E-state index contributed by atoms with van der Waals surface area (Å²) >= 11 is 0. The second-order valence-electron chi connectivity index (χ2n) is 9.03. The van der Waals surface area contributed by atoms with Crippen LogP contribution in [0, 0.1) is 11.8 Å². The first kappa shape index (κ1) is 22.4. The number of hydrogen-bond acceptors (Lipinski definition) is 3. The number of likely N-dealkylation sites (tertiary alicyclic amines) is 1. The van der Waals surface area contributed by atoms with Crippen LogP contribution in [0.4, 0.5) is 0 Å². The Morgan fingerprint density at radius 1 is 0.938 bits per heavy atom. The van der Waals surface area contributed by atoms with E-state index in [1.54, 1.807) is 7.11 Å². The predicted molar refractivity (Wildman–Crippen MR) is 125 cm³/mol. The van der Waals surface area contributed by atoms with E-state index in [9.17, 15) is 9.59 Å². The molecule has 1 aliphatic carbocycles. The zero-order chi connectivity index (χ0) is 22.3. The van der Waals surface area contributed by atoms with Gasteiger partial charge in [0.15, 0.2) is 0 Å². The number of carbonyl (C=O) groups excluding carboxylic acids is 2. The van der Waals surface area contributed by atoms with Crippen molar-refractivity contribution in [1.82, 2.24) is 10.2 Å². The molecule has 4 rings (SSSR count). The molecule has 2 amide bonds. The van der Waals surface area contributed by atoms with E-state index in [0.29, 0.717) is 13.1 Å². The molecule has 32 heavy (non-hydrogen) atoms. The molecule has 2 aromatic carbocycles. The Hall–Kier alpha value is -2.82. The van der Waals surface area contributed by atoms with Crippen LogP contribution in [0.2, 0.25) is 0 Å². The molecule has 2 aromatic rings. The van der Waals surface area contributed by atoms with Crippen molar-refractivity contribution in [3.05, 3.63) is 65.7 Å². The fourth-order valence-electron chi connectivity index (χ4n) is 5.23. The van der Waals surface area contributed by atoms with Crippen LogP contribution in [-0.4, -0.2) is 36.9 Å². The third-order valence-electron chi connectivity index (χ3n) is 7.01. The van der Waals surface area contributed by atoms with Crippen molar-refractivity contribution < 1.29 is 14.3 Å². The molecule has 2 aliphatic rings. The minimum absolute atomic E-state index is 0.0515. The van der Waals surface area contributed by atoms with Gasteiger partial charge in [0.2, 0.25) is 11.8 Å². The lowest BCUT2D eigenvalue weighted by Gasteiger charge is -2.40. The summed E-state index contributed by atoms with van der Waals surface area (Å²) in [5.41, 5.74) is 2.26. The first-order valence-electron chi connectivity index (χ1n) is 11.9. The van der Waals surface area contributed by atoms with E-state index < -0.39 is 0 Å². The van der Waals surface area contributed by atoms with Gasteiger partial charge in [0, 0.05) is 19.0 Å². The van der Waals surface area contributed by atoms with Crippen LogP contribution >= 0.6 is 0 Å². The fourth-order valence-corrected chi connectivity index (χ4v) is 5.23. The van der Waals surface area contributed by atoms with Crippen LogP contribution in [0.5, 0.6) is 5.75 Å². The van der Waals surface area contributed by atoms with E-state index in [4.69, 9.17) is 4.74 Å². The third-order valence-corrected chi connectivity index (χ3v) is 7.01. The molecule has 170 valence electrons. The smallest absolute Gasteiger partial charge is 0.226 e. The van der Waals surface area contributed by atoms with Crippen molar-refractivity contribution in [2.75, 3.05) is 20.2 Å². The molecule has 5 heteroatoms. The molecule has 1 saturated carbocycles. The number of nitrogens with zero attached hydrogens (tertiary/aromatic N) is 1. The maximum atomic E-state index is 13.4. The monoisotopic (exact) mass is 434 g/mol. The van der Waals surface area contributed by atoms with E-state index in [0.717, 1.165) is 56.3 Å². The molecule has 1 saturated heterocycles. The number of hydrogen-bond donors (Lipinski definition) is 1. The van der Waals surface area contributed by atoms with Gasteiger partial charge in [-0.05, 0) is 49.3 Å². The number of benzene rings is 2. The van der Waals surface area contributed by atoms with E-state index in [1.807, 2.05) is 47.4 Å². The average molecular weight is 435 g/mol. The Labute approximate surface area is 191 Å². The zero-order valence-corrected chi connectivity index (χ0v) is 19.0. The summed E-state index contributed by atoms with van der Waals surface area (Å²) in [6.45, 7) is 1.07. The highest BCUT2D eigenvalue weighted by molar-refractivity contribution is 5.83. The van der Waals surface area contributed by atoms with E-state index in [2.05, 4.69) is 17.4 Å². The van der Waals surface area contributed by atoms with Gasteiger partial charge in [-0.2, -0.15) is 0 Å². The molecule has 0 bridgehead atoms. The highest BCUT2D eigenvalue weighted by atomic mass is 16.5. The number of para-hydroxylation sites is 1. The molecule has 0 radical (unpaired) electrons. The number of amides is 2. The lowest BCUT2D eigenvalue weighted by Crippen LogP contribution is -2.48. The molecule has 2 fully saturated rings. The Morgan fingerprint density at radius 2 is 1.66 bits per heavy atom. The van der Waals surface area contributed by atoms with Crippen LogP contribution in [0.25, 0.3) is 0 Å². The van der Waals surface area contributed by atoms with Gasteiger partial charge < -0.3 is 15.0 Å². The lowest BCUT2D eigenvalue weighted by atomic mass is 9.87. The fraction of sp³-hybridized carbons (Fsp3) is 0.481. The number of methoxy groups -OCH3 is 1. The zero-order valence-electron chi connectivity index (χ0n) is 19.0. The lowest BCUT2D eigenvalue weighted by molar-refractivity contribution is -0.142. The topological polar surface area (TPSA) is 58.6 Å². The number of ether oxygens (including phenoxy) is 1. The normalized spacial score (nSPS) is 21.3. The van der Waals surface area contributed by atoms with Crippen LogP contribution in [-0.2, 0) is 16.0 Å². The van der Waals surface area contributed by atoms with Gasteiger partial charge in [0.1, 0.15) is 5.75 Å². The van der Waals surface area contributed by atoms with E-state index in [-0.39, 0.29) is 29.7 Å². The van der Waals surface area contributed by atoms with Crippen molar-refractivity contribution in [3.63, 3.8) is 0 Å². The summed E-state index contributed by atoms with van der Waals surface area (Å²) in [6.07, 6.45) is 6.57. The van der Waals surface area contributed by atoms with Crippen molar-refractivity contribution in [1.29, 1.82) is 0 Å². The van der Waals surface area contributed by atoms with E-state index >= 15 is 0 Å². The summed E-state index contributed by atoms with van der Waals surface area (Å²) in [4.78, 5) is 28.4. The Morgan fingerprint density at radius 3 is 2.41 bits per heavy atom. The maximum absolute atomic E-state index is 13.4. The van der Waals surface area contributed by atoms with Crippen LogP contribution in [0.15, 0.2) is 54.6 Å². The van der Waals surface area contributed by atoms with Gasteiger partial charge >= 0.3 is 0 Å². The average Bonchev–Trinajstić information content (AvgIpc) is 3.39. The van der Waals surface area contributed by atoms with Gasteiger partial charge in [-0.25, -0.2) is 0 Å². The molecular weight excluding hydrogens is 400 g/mol. The summed E-state index contributed by atoms with van der Waals surface area (Å²) < 4.78 is 5.41. The van der Waals surface area contributed by atoms with Crippen LogP contribution in [0.3, 0.4) is 0 Å². The largest absolute Gasteiger partial charge is 0.496 e. The molecule has 0 spiro atoms. The van der Waals surface area contributed by atoms with Crippen molar-refractivity contribution in [2.45, 2.75) is 51.0 Å². The number of piperidine rings is 1. The quantitative estimate of drug-likeness (QED) is 0.697. The Bertz CT molecular complexity index is 908. The highest BCUT2D eigenvalue weighted by Crippen LogP contribution is 2.37. The molecule has 1 heterocycles. The first-order valence-corrected chi connectivity index (χ1v) is 11.9. The van der Waals surface area contributed by atoms with Gasteiger partial charge in [-0.1, -0.05) is 61.4 Å². The van der Waals surface area contributed by atoms with Crippen molar-refractivity contribution in [3.8, 4) is 5.75 Å². The molecule has 1 N–H and O–H groups in total. The van der Waals surface area contributed by atoms with E-state index in [1.165, 1.54) is 5.56 Å². The van der Waals surface area contributed by atoms with Gasteiger partial charge in [0.05, 0.1) is 19.1 Å². The minimum atomic E-state index is -0.155. The third kappa shape index (κ3) is 5.14. The molecule has 0 aromatic heterocycles. The number of carbonyl (C=O) groups is 2. The maximum Gasteiger partial charge on any atom is 0.226 e. The summed E-state index contributed by atoms with van der Waals surface area (Å²) in [6, 6.07) is 18.2. The van der Waals surface area contributed by atoms with Gasteiger partial charge in [0.25, 0.3) is 0 Å². The van der Waals surface area contributed by atoms with Gasteiger partial charge in [-0.3, -0.25) is 9.59 Å². The van der Waals surface area contributed by atoms with Crippen molar-refractivity contribution >= 4 is 11.8 Å². The van der Waals surface area contributed by atoms with Crippen molar-refractivity contribution in [2.24, 2.45) is 11.8 Å². The highest BCUT2D eigenvalue weighted by Gasteiger charge is 2.38. The molecule has 1 aliphatic heterocycles. The predicted octanol–water partition coefficient (Wildman–Crippen LogP) is 4.52. The molecule has 2 atom stereocenters.